The van der Waals surface area contributed by atoms with Crippen LogP contribution in [0.25, 0.3) is 0 Å². The van der Waals surface area contributed by atoms with Crippen LogP contribution in [0, 0.1) is 27.4 Å². The van der Waals surface area contributed by atoms with Gasteiger partial charge in [-0.25, -0.2) is 0 Å². The van der Waals surface area contributed by atoms with Gasteiger partial charge in [-0.3, -0.25) is 10.1 Å². The molecule has 1 aliphatic heterocycles. The highest BCUT2D eigenvalue weighted by Gasteiger charge is 2.17. The van der Waals surface area contributed by atoms with Gasteiger partial charge in [-0.05, 0) is 44.0 Å². The zero-order valence-electron chi connectivity index (χ0n) is 10.6. The van der Waals surface area contributed by atoms with Gasteiger partial charge in [-0.2, -0.15) is 5.26 Å². The molecule has 1 saturated heterocycles. The number of hydrogen-bond donors (Lipinski definition) is 2. The molecule has 1 atom stereocenters. The lowest BCUT2D eigenvalue weighted by molar-refractivity contribution is -0.384. The van der Waals surface area contributed by atoms with Crippen LogP contribution in [0.2, 0.25) is 0 Å². The summed E-state index contributed by atoms with van der Waals surface area (Å²) in [5.41, 5.74) is 0.744. The van der Waals surface area contributed by atoms with Gasteiger partial charge in [0.15, 0.2) is 0 Å². The minimum Gasteiger partial charge on any atom is -0.379 e. The molecule has 6 nitrogen and oxygen atoms in total. The second kappa shape index (κ2) is 6.16. The molecule has 1 unspecified atom stereocenters. The lowest BCUT2D eigenvalue weighted by Gasteiger charge is -2.23. The third-order valence-corrected chi connectivity index (χ3v) is 3.30. The predicted molar refractivity (Wildman–Crippen MR) is 71.9 cm³/mol. The molecular formula is C13H16N4O2. The van der Waals surface area contributed by atoms with Gasteiger partial charge in [0.1, 0.15) is 5.69 Å². The van der Waals surface area contributed by atoms with Crippen molar-refractivity contribution in [2.45, 2.75) is 12.8 Å². The number of anilines is 1. The molecule has 2 N–H and O–H groups in total. The number of rotatable bonds is 4. The van der Waals surface area contributed by atoms with E-state index < -0.39 is 4.92 Å². The molecule has 6 heteroatoms. The molecule has 100 valence electrons. The molecule has 2 rings (SSSR count). The first-order chi connectivity index (χ1) is 9.20. The number of nitrogens with zero attached hydrogens (tertiary/aromatic N) is 2. The molecule has 0 aliphatic carbocycles. The van der Waals surface area contributed by atoms with Crippen molar-refractivity contribution in [3.8, 4) is 6.07 Å². The van der Waals surface area contributed by atoms with Crippen LogP contribution in [0.15, 0.2) is 18.2 Å². The van der Waals surface area contributed by atoms with E-state index in [1.165, 1.54) is 6.07 Å². The Labute approximate surface area is 111 Å². The Morgan fingerprint density at radius 1 is 1.58 bits per heavy atom. The molecule has 1 aromatic carbocycles. The molecule has 0 radical (unpaired) electrons. The Kier molecular flexibility index (Phi) is 4.31. The topological polar surface area (TPSA) is 91.0 Å². The quantitative estimate of drug-likeness (QED) is 0.637. The number of nitriles is 1. The number of nitro benzene ring substituents is 1. The molecular weight excluding hydrogens is 244 g/mol. The Balaban J connectivity index is 2.06. The van der Waals surface area contributed by atoms with E-state index in [-0.39, 0.29) is 5.69 Å². The Morgan fingerprint density at radius 3 is 3.05 bits per heavy atom. The molecule has 1 aromatic rings. The standard InChI is InChI=1S/C13H16N4O2/c14-7-10-3-4-12(13(6-10)17(18)19)16-9-11-2-1-5-15-8-11/h3-4,6,11,15-16H,1-2,5,8-9H2. The maximum absolute atomic E-state index is 11.0. The number of hydrogen-bond acceptors (Lipinski definition) is 5. The molecule has 0 spiro atoms. The molecule has 0 aromatic heterocycles. The van der Waals surface area contributed by atoms with Crippen LogP contribution >= 0.6 is 0 Å². The van der Waals surface area contributed by atoms with Gasteiger partial charge >= 0.3 is 0 Å². The van der Waals surface area contributed by atoms with E-state index in [0.717, 1.165) is 25.9 Å². The summed E-state index contributed by atoms with van der Waals surface area (Å²) in [6, 6.07) is 6.42. The highest BCUT2D eigenvalue weighted by Crippen LogP contribution is 2.26. The van der Waals surface area contributed by atoms with Crippen molar-refractivity contribution in [3.05, 3.63) is 33.9 Å². The van der Waals surface area contributed by atoms with Gasteiger partial charge in [0.05, 0.1) is 16.6 Å². The van der Waals surface area contributed by atoms with Crippen molar-refractivity contribution < 1.29 is 4.92 Å². The minimum absolute atomic E-state index is 0.0391. The van der Waals surface area contributed by atoms with E-state index in [1.54, 1.807) is 12.1 Å². The van der Waals surface area contributed by atoms with Crippen LogP contribution < -0.4 is 10.6 Å². The minimum atomic E-state index is -0.456. The normalized spacial score (nSPS) is 18.6. The molecule has 1 heterocycles. The van der Waals surface area contributed by atoms with Gasteiger partial charge in [0.25, 0.3) is 5.69 Å². The highest BCUT2D eigenvalue weighted by molar-refractivity contribution is 5.64. The maximum atomic E-state index is 11.0. The van der Waals surface area contributed by atoms with Gasteiger partial charge in [0, 0.05) is 12.6 Å². The van der Waals surface area contributed by atoms with Crippen molar-refractivity contribution in [2.24, 2.45) is 5.92 Å². The zero-order chi connectivity index (χ0) is 13.7. The summed E-state index contributed by atoms with van der Waals surface area (Å²) in [5, 5.41) is 26.2. The lowest BCUT2D eigenvalue weighted by Crippen LogP contribution is -2.33. The summed E-state index contributed by atoms with van der Waals surface area (Å²) < 4.78 is 0. The van der Waals surface area contributed by atoms with E-state index >= 15 is 0 Å². The van der Waals surface area contributed by atoms with Crippen LogP contribution in [-0.2, 0) is 0 Å². The predicted octanol–water partition coefficient (Wildman–Crippen LogP) is 1.88. The first-order valence-electron chi connectivity index (χ1n) is 6.34. The number of nitro groups is 1. The molecule has 0 bridgehead atoms. The summed E-state index contributed by atoms with van der Waals surface area (Å²) in [5.74, 6) is 0.490. The first-order valence-corrected chi connectivity index (χ1v) is 6.34. The van der Waals surface area contributed by atoms with Crippen LogP contribution in [0.5, 0.6) is 0 Å². The average Bonchev–Trinajstić information content (AvgIpc) is 2.46. The van der Waals surface area contributed by atoms with Crippen molar-refractivity contribution in [1.29, 1.82) is 5.26 Å². The average molecular weight is 260 g/mol. The van der Waals surface area contributed by atoms with Gasteiger partial charge in [0.2, 0.25) is 0 Å². The van der Waals surface area contributed by atoms with E-state index in [2.05, 4.69) is 10.6 Å². The van der Waals surface area contributed by atoms with Crippen LogP contribution in [-0.4, -0.2) is 24.6 Å². The van der Waals surface area contributed by atoms with E-state index in [0.29, 0.717) is 23.7 Å². The van der Waals surface area contributed by atoms with Gasteiger partial charge < -0.3 is 10.6 Å². The summed E-state index contributed by atoms with van der Waals surface area (Å²) in [6.45, 7) is 2.70. The molecule has 19 heavy (non-hydrogen) atoms. The molecule has 1 aliphatic rings. The summed E-state index contributed by atoms with van der Waals surface area (Å²) in [7, 11) is 0. The smallest absolute Gasteiger partial charge is 0.293 e. The van der Waals surface area contributed by atoms with Gasteiger partial charge in [-0.15, -0.1) is 0 Å². The third-order valence-electron chi connectivity index (χ3n) is 3.30. The Hall–Kier alpha value is -2.13. The fourth-order valence-electron chi connectivity index (χ4n) is 2.25. The maximum Gasteiger partial charge on any atom is 0.293 e. The number of benzene rings is 1. The summed E-state index contributed by atoms with van der Waals surface area (Å²) in [6.07, 6.45) is 2.27. The van der Waals surface area contributed by atoms with Crippen LogP contribution in [0.3, 0.4) is 0 Å². The first kappa shape index (κ1) is 13.3. The monoisotopic (exact) mass is 260 g/mol. The Bertz CT molecular complexity index is 504. The summed E-state index contributed by atoms with van der Waals surface area (Å²) >= 11 is 0. The Morgan fingerprint density at radius 2 is 2.42 bits per heavy atom. The SMILES string of the molecule is N#Cc1ccc(NCC2CCCNC2)c([N+](=O)[O-])c1. The van der Waals surface area contributed by atoms with E-state index in [1.807, 2.05) is 6.07 Å². The largest absolute Gasteiger partial charge is 0.379 e. The van der Waals surface area contributed by atoms with Crippen LogP contribution in [0.1, 0.15) is 18.4 Å². The lowest BCUT2D eigenvalue weighted by atomic mass is 9.99. The molecule has 0 saturated carbocycles. The van der Waals surface area contributed by atoms with Gasteiger partial charge in [-0.1, -0.05) is 0 Å². The van der Waals surface area contributed by atoms with Crippen molar-refractivity contribution in [2.75, 3.05) is 25.0 Å². The number of nitrogens with one attached hydrogen (secondary N) is 2. The second-order valence-electron chi connectivity index (χ2n) is 4.69. The van der Waals surface area contributed by atoms with Crippen molar-refractivity contribution >= 4 is 11.4 Å². The number of piperidine rings is 1. The van der Waals surface area contributed by atoms with E-state index in [4.69, 9.17) is 5.26 Å². The molecule has 1 fully saturated rings. The zero-order valence-corrected chi connectivity index (χ0v) is 10.6. The van der Waals surface area contributed by atoms with Crippen LogP contribution in [0.4, 0.5) is 11.4 Å². The summed E-state index contributed by atoms with van der Waals surface area (Å²) in [4.78, 5) is 10.5. The fourth-order valence-corrected chi connectivity index (χ4v) is 2.25. The molecule has 0 amide bonds. The second-order valence-corrected chi connectivity index (χ2v) is 4.69. The van der Waals surface area contributed by atoms with Crippen molar-refractivity contribution in [1.82, 2.24) is 5.32 Å². The highest BCUT2D eigenvalue weighted by atomic mass is 16.6. The van der Waals surface area contributed by atoms with E-state index in [9.17, 15) is 10.1 Å². The van der Waals surface area contributed by atoms with Crippen molar-refractivity contribution in [3.63, 3.8) is 0 Å². The fraction of sp³-hybridized carbons (Fsp3) is 0.462. The third kappa shape index (κ3) is 3.42.